The first-order valence-electron chi connectivity index (χ1n) is 12.8. The molecule has 0 radical (unpaired) electrons. The van der Waals surface area contributed by atoms with Gasteiger partial charge in [0, 0.05) is 0 Å². The van der Waals surface area contributed by atoms with Gasteiger partial charge in [-0.15, -0.1) is 0 Å². The summed E-state index contributed by atoms with van der Waals surface area (Å²) in [4.78, 5) is 12.0. The van der Waals surface area contributed by atoms with Crippen LogP contribution in [-0.4, -0.2) is 46.1 Å². The van der Waals surface area contributed by atoms with Crippen molar-refractivity contribution in [1.29, 1.82) is 0 Å². The van der Waals surface area contributed by atoms with Crippen LogP contribution in [0.3, 0.4) is 0 Å². The van der Waals surface area contributed by atoms with Gasteiger partial charge in [0.2, 0.25) is 5.91 Å². The van der Waals surface area contributed by atoms with E-state index < -0.39 is 24.2 Å². The number of carbonyl (C=O) groups is 1. The first-order valence-corrected chi connectivity index (χ1v) is 12.8. The molecule has 0 aliphatic rings. The number of unbranched alkanes of at least 4 members (excludes halogenated alkanes) is 14. The molecule has 0 heterocycles. The Morgan fingerprint density at radius 3 is 1.53 bits per heavy atom. The predicted octanol–water partition coefficient (Wildman–Crippen LogP) is 5.25. The van der Waals surface area contributed by atoms with Crippen molar-refractivity contribution in [2.75, 3.05) is 6.61 Å². The molecule has 5 nitrogen and oxygen atoms in total. The van der Waals surface area contributed by atoms with Crippen LogP contribution in [0.5, 0.6) is 0 Å². The highest BCUT2D eigenvalue weighted by molar-refractivity contribution is 5.80. The van der Waals surface area contributed by atoms with Gasteiger partial charge >= 0.3 is 0 Å². The first kappa shape index (κ1) is 29.4. The van der Waals surface area contributed by atoms with Crippen LogP contribution in [0.1, 0.15) is 129 Å². The Kier molecular flexibility index (Phi) is 21.1. The standard InChI is InChI=1S/C25H51NO4/c1-3-5-7-8-9-10-11-12-13-14-15-16-18-19-23(28)22(21-27)26-25(30)24(29)20-17-6-4-2/h22-24,27-29H,3-21H2,1-2H3,(H,26,30)/t22-,23+,24+/m0/s1. The molecular formula is C25H51NO4. The predicted molar refractivity (Wildman–Crippen MR) is 125 cm³/mol. The van der Waals surface area contributed by atoms with Gasteiger partial charge in [-0.05, 0) is 12.8 Å². The summed E-state index contributed by atoms with van der Waals surface area (Å²) in [6.45, 7) is 4.01. The number of hydrogen-bond acceptors (Lipinski definition) is 4. The van der Waals surface area contributed by atoms with Gasteiger partial charge in [-0.3, -0.25) is 4.79 Å². The number of aliphatic hydroxyl groups excluding tert-OH is 3. The van der Waals surface area contributed by atoms with Gasteiger partial charge in [0.05, 0.1) is 18.8 Å². The van der Waals surface area contributed by atoms with Gasteiger partial charge in [-0.1, -0.05) is 117 Å². The van der Waals surface area contributed by atoms with E-state index in [1.54, 1.807) is 0 Å². The molecule has 0 spiro atoms. The Hall–Kier alpha value is -0.650. The van der Waals surface area contributed by atoms with Crippen LogP contribution in [-0.2, 0) is 4.79 Å². The van der Waals surface area contributed by atoms with Crippen LogP contribution >= 0.6 is 0 Å². The molecule has 0 fully saturated rings. The minimum Gasteiger partial charge on any atom is -0.394 e. The molecule has 0 rings (SSSR count). The monoisotopic (exact) mass is 429 g/mol. The van der Waals surface area contributed by atoms with E-state index in [9.17, 15) is 20.1 Å². The largest absolute Gasteiger partial charge is 0.394 e. The second kappa shape index (κ2) is 21.6. The summed E-state index contributed by atoms with van der Waals surface area (Å²) in [6.07, 6.45) is 18.6. The van der Waals surface area contributed by atoms with Crippen LogP contribution in [0, 0.1) is 0 Å². The summed E-state index contributed by atoms with van der Waals surface area (Å²) in [5, 5.41) is 32.3. The third-order valence-electron chi connectivity index (χ3n) is 5.98. The lowest BCUT2D eigenvalue weighted by atomic mass is 10.0. The minimum atomic E-state index is -1.06. The number of nitrogens with one attached hydrogen (secondary N) is 1. The highest BCUT2D eigenvalue weighted by atomic mass is 16.3. The van der Waals surface area contributed by atoms with Crippen molar-refractivity contribution in [1.82, 2.24) is 5.32 Å². The average Bonchev–Trinajstić information content (AvgIpc) is 2.74. The SMILES string of the molecule is CCCCCCCCCCCCCCC[C@@H](O)[C@H](CO)NC(=O)[C@H](O)CCCCC. The molecule has 1 amide bonds. The highest BCUT2D eigenvalue weighted by Crippen LogP contribution is 2.14. The molecular weight excluding hydrogens is 378 g/mol. The molecule has 5 heteroatoms. The lowest BCUT2D eigenvalue weighted by molar-refractivity contribution is -0.131. The second-order valence-corrected chi connectivity index (χ2v) is 8.91. The quantitative estimate of drug-likeness (QED) is 0.177. The Morgan fingerprint density at radius 2 is 1.07 bits per heavy atom. The van der Waals surface area contributed by atoms with Gasteiger partial charge in [0.1, 0.15) is 6.10 Å². The minimum absolute atomic E-state index is 0.312. The Morgan fingerprint density at radius 1 is 0.667 bits per heavy atom. The summed E-state index contributed by atoms with van der Waals surface area (Å²) in [5.74, 6) is -0.491. The van der Waals surface area contributed by atoms with Crippen molar-refractivity contribution in [2.45, 2.75) is 148 Å². The molecule has 0 aliphatic heterocycles. The summed E-state index contributed by atoms with van der Waals surface area (Å²) in [7, 11) is 0. The van der Waals surface area contributed by atoms with Crippen molar-refractivity contribution >= 4 is 5.91 Å². The second-order valence-electron chi connectivity index (χ2n) is 8.91. The fourth-order valence-corrected chi connectivity index (χ4v) is 3.83. The Labute approximate surface area is 186 Å². The van der Waals surface area contributed by atoms with Crippen molar-refractivity contribution < 1.29 is 20.1 Å². The molecule has 0 unspecified atom stereocenters. The lowest BCUT2D eigenvalue weighted by Crippen LogP contribution is -2.49. The van der Waals surface area contributed by atoms with Crippen LogP contribution in [0.15, 0.2) is 0 Å². The smallest absolute Gasteiger partial charge is 0.249 e. The van der Waals surface area contributed by atoms with E-state index in [4.69, 9.17) is 0 Å². The third kappa shape index (κ3) is 17.1. The number of amides is 1. The summed E-state index contributed by atoms with van der Waals surface area (Å²) >= 11 is 0. The van der Waals surface area contributed by atoms with Gasteiger partial charge in [0.25, 0.3) is 0 Å². The van der Waals surface area contributed by atoms with E-state index in [-0.39, 0.29) is 6.61 Å². The maximum atomic E-state index is 12.0. The first-order chi connectivity index (χ1) is 14.6. The summed E-state index contributed by atoms with van der Waals surface area (Å²) in [5.41, 5.74) is 0. The molecule has 4 N–H and O–H groups in total. The number of rotatable bonds is 22. The van der Waals surface area contributed by atoms with E-state index in [0.29, 0.717) is 12.8 Å². The molecule has 0 aromatic rings. The maximum absolute atomic E-state index is 12.0. The molecule has 0 saturated carbocycles. The molecule has 0 aromatic carbocycles. The zero-order valence-corrected chi connectivity index (χ0v) is 19.9. The average molecular weight is 430 g/mol. The highest BCUT2D eigenvalue weighted by Gasteiger charge is 2.23. The van der Waals surface area contributed by atoms with Gasteiger partial charge in [-0.2, -0.15) is 0 Å². The van der Waals surface area contributed by atoms with E-state index in [1.165, 1.54) is 70.6 Å². The van der Waals surface area contributed by atoms with Crippen LogP contribution in [0.4, 0.5) is 0 Å². The zero-order chi connectivity index (χ0) is 22.5. The van der Waals surface area contributed by atoms with Crippen LogP contribution < -0.4 is 5.32 Å². The molecule has 0 saturated heterocycles. The lowest BCUT2D eigenvalue weighted by Gasteiger charge is -2.23. The number of hydrogen-bond donors (Lipinski definition) is 4. The topological polar surface area (TPSA) is 89.8 Å². The Bertz CT molecular complexity index is 378. The molecule has 0 aliphatic carbocycles. The molecule has 30 heavy (non-hydrogen) atoms. The molecule has 0 aromatic heterocycles. The van der Waals surface area contributed by atoms with Crippen molar-refractivity contribution in [3.8, 4) is 0 Å². The molecule has 3 atom stereocenters. The maximum Gasteiger partial charge on any atom is 0.249 e. The van der Waals surface area contributed by atoms with E-state index in [0.717, 1.165) is 32.1 Å². The normalized spacial score (nSPS) is 14.4. The van der Waals surface area contributed by atoms with Crippen LogP contribution in [0.25, 0.3) is 0 Å². The summed E-state index contributed by atoms with van der Waals surface area (Å²) < 4.78 is 0. The van der Waals surface area contributed by atoms with Crippen molar-refractivity contribution in [3.05, 3.63) is 0 Å². The van der Waals surface area contributed by atoms with E-state index in [1.807, 2.05) is 0 Å². The van der Waals surface area contributed by atoms with E-state index >= 15 is 0 Å². The van der Waals surface area contributed by atoms with Crippen molar-refractivity contribution in [3.63, 3.8) is 0 Å². The molecule has 0 bridgehead atoms. The van der Waals surface area contributed by atoms with E-state index in [2.05, 4.69) is 19.2 Å². The zero-order valence-electron chi connectivity index (χ0n) is 19.9. The fraction of sp³-hybridized carbons (Fsp3) is 0.960. The van der Waals surface area contributed by atoms with Gasteiger partial charge in [0.15, 0.2) is 0 Å². The third-order valence-corrected chi connectivity index (χ3v) is 5.98. The summed E-state index contributed by atoms with van der Waals surface area (Å²) in [6, 6.07) is -0.698. The van der Waals surface area contributed by atoms with Crippen molar-refractivity contribution in [2.24, 2.45) is 0 Å². The number of aliphatic hydroxyl groups is 3. The number of carbonyl (C=O) groups excluding carboxylic acids is 1. The molecule has 180 valence electrons. The van der Waals surface area contributed by atoms with Gasteiger partial charge in [-0.25, -0.2) is 0 Å². The van der Waals surface area contributed by atoms with Gasteiger partial charge < -0.3 is 20.6 Å². The van der Waals surface area contributed by atoms with Crippen LogP contribution in [0.2, 0.25) is 0 Å². The fourth-order valence-electron chi connectivity index (χ4n) is 3.83. The Balaban J connectivity index is 3.68.